The topological polar surface area (TPSA) is 77.3 Å². The standard InChI is InChI=1S/C14H15NO4S/c16-15(17)12-4-1-3-10(7-12)11-8-13-5-2-6-14(9-11)20(13,18)19/h1,3-4,7-8,13-14H,2,5-6,9H2. The Morgan fingerprint density at radius 3 is 2.75 bits per heavy atom. The Bertz CT molecular complexity index is 693. The van der Waals surface area contributed by atoms with E-state index in [4.69, 9.17) is 0 Å². The second kappa shape index (κ2) is 4.70. The second-order valence-corrected chi connectivity index (χ2v) is 7.83. The highest BCUT2D eigenvalue weighted by molar-refractivity contribution is 7.93. The van der Waals surface area contributed by atoms with Crippen molar-refractivity contribution >= 4 is 21.1 Å². The van der Waals surface area contributed by atoms with Gasteiger partial charge in [-0.05, 0) is 30.4 Å². The fourth-order valence-electron chi connectivity index (χ4n) is 3.09. The highest BCUT2D eigenvalue weighted by Gasteiger charge is 2.40. The maximum Gasteiger partial charge on any atom is 0.270 e. The molecule has 0 aliphatic carbocycles. The first-order chi connectivity index (χ1) is 9.48. The largest absolute Gasteiger partial charge is 0.270 e. The Hall–Kier alpha value is -1.69. The summed E-state index contributed by atoms with van der Waals surface area (Å²) in [5.74, 6) is 0. The summed E-state index contributed by atoms with van der Waals surface area (Å²) < 4.78 is 24.4. The van der Waals surface area contributed by atoms with Crippen molar-refractivity contribution < 1.29 is 13.3 Å². The lowest BCUT2D eigenvalue weighted by atomic mass is 9.93. The zero-order valence-electron chi connectivity index (χ0n) is 10.9. The molecule has 6 heteroatoms. The van der Waals surface area contributed by atoms with Gasteiger partial charge in [0.25, 0.3) is 5.69 Å². The molecule has 1 aromatic rings. The van der Waals surface area contributed by atoms with Crippen molar-refractivity contribution in [3.05, 3.63) is 46.0 Å². The minimum Gasteiger partial charge on any atom is -0.258 e. The van der Waals surface area contributed by atoms with E-state index in [1.807, 2.05) is 6.07 Å². The van der Waals surface area contributed by atoms with Crippen LogP contribution in [0.25, 0.3) is 5.57 Å². The van der Waals surface area contributed by atoms with Crippen molar-refractivity contribution in [2.24, 2.45) is 0 Å². The van der Waals surface area contributed by atoms with E-state index in [1.165, 1.54) is 12.1 Å². The van der Waals surface area contributed by atoms with E-state index in [2.05, 4.69) is 0 Å². The minimum absolute atomic E-state index is 0.0435. The zero-order chi connectivity index (χ0) is 14.3. The number of rotatable bonds is 2. The molecule has 0 aromatic heterocycles. The lowest BCUT2D eigenvalue weighted by Gasteiger charge is -2.33. The highest BCUT2D eigenvalue weighted by Crippen LogP contribution is 2.39. The molecular weight excluding hydrogens is 278 g/mol. The molecule has 1 saturated heterocycles. The zero-order valence-corrected chi connectivity index (χ0v) is 11.7. The SMILES string of the molecule is O=[N+]([O-])c1cccc(C2=CC3CCCC(C2)S3(=O)=O)c1. The van der Waals surface area contributed by atoms with Gasteiger partial charge in [-0.25, -0.2) is 8.42 Å². The third-order valence-electron chi connectivity index (χ3n) is 4.16. The van der Waals surface area contributed by atoms with Crippen LogP contribution in [0.4, 0.5) is 5.69 Å². The first-order valence-electron chi connectivity index (χ1n) is 6.67. The van der Waals surface area contributed by atoms with E-state index >= 15 is 0 Å². The van der Waals surface area contributed by atoms with Crippen LogP contribution in [0.1, 0.15) is 31.2 Å². The molecular formula is C14H15NO4S. The van der Waals surface area contributed by atoms with Gasteiger partial charge in [0, 0.05) is 12.1 Å². The summed E-state index contributed by atoms with van der Waals surface area (Å²) in [7, 11) is -3.04. The summed E-state index contributed by atoms with van der Waals surface area (Å²) in [5.41, 5.74) is 1.74. The van der Waals surface area contributed by atoms with Crippen LogP contribution < -0.4 is 0 Å². The average Bonchev–Trinajstić information content (AvgIpc) is 2.37. The molecule has 0 spiro atoms. The lowest BCUT2D eigenvalue weighted by Crippen LogP contribution is -2.38. The van der Waals surface area contributed by atoms with E-state index in [1.54, 1.807) is 12.1 Å². The Balaban J connectivity index is 2.02. The average molecular weight is 293 g/mol. The normalized spacial score (nSPS) is 27.7. The Morgan fingerprint density at radius 1 is 1.25 bits per heavy atom. The van der Waals surface area contributed by atoms with Gasteiger partial charge in [0.15, 0.2) is 9.84 Å². The molecule has 106 valence electrons. The predicted molar refractivity (Wildman–Crippen MR) is 76.0 cm³/mol. The van der Waals surface area contributed by atoms with Gasteiger partial charge in [0.1, 0.15) is 0 Å². The van der Waals surface area contributed by atoms with Crippen LogP contribution in [0.5, 0.6) is 0 Å². The summed E-state index contributed by atoms with van der Waals surface area (Å²) in [6.45, 7) is 0. The molecule has 2 aliphatic heterocycles. The number of nitro groups is 1. The monoisotopic (exact) mass is 293 g/mol. The Morgan fingerprint density at radius 2 is 2.05 bits per heavy atom. The molecule has 0 radical (unpaired) electrons. The van der Waals surface area contributed by atoms with Crippen LogP contribution in [-0.2, 0) is 9.84 Å². The van der Waals surface area contributed by atoms with Crippen LogP contribution in [0, 0.1) is 10.1 Å². The van der Waals surface area contributed by atoms with Crippen LogP contribution in [0.2, 0.25) is 0 Å². The lowest BCUT2D eigenvalue weighted by molar-refractivity contribution is -0.384. The molecule has 3 rings (SSSR count). The van der Waals surface area contributed by atoms with Crippen molar-refractivity contribution in [1.29, 1.82) is 0 Å². The molecule has 2 unspecified atom stereocenters. The van der Waals surface area contributed by atoms with Crippen LogP contribution in [0.3, 0.4) is 0 Å². The molecule has 0 saturated carbocycles. The first kappa shape index (κ1) is 13.3. The van der Waals surface area contributed by atoms with Crippen molar-refractivity contribution in [3.63, 3.8) is 0 Å². The molecule has 0 N–H and O–H groups in total. The van der Waals surface area contributed by atoms with Gasteiger partial charge >= 0.3 is 0 Å². The summed E-state index contributed by atoms with van der Waals surface area (Å²) in [4.78, 5) is 10.4. The van der Waals surface area contributed by atoms with Gasteiger partial charge in [0.05, 0.1) is 15.4 Å². The molecule has 20 heavy (non-hydrogen) atoms. The number of non-ortho nitro benzene ring substituents is 1. The Labute approximate surface area is 117 Å². The quantitative estimate of drug-likeness (QED) is 0.620. The maximum atomic E-state index is 12.2. The van der Waals surface area contributed by atoms with Gasteiger partial charge in [-0.3, -0.25) is 10.1 Å². The van der Waals surface area contributed by atoms with E-state index in [-0.39, 0.29) is 10.9 Å². The van der Waals surface area contributed by atoms with E-state index in [0.717, 1.165) is 17.6 Å². The second-order valence-electron chi connectivity index (χ2n) is 5.38. The van der Waals surface area contributed by atoms with E-state index < -0.39 is 20.0 Å². The van der Waals surface area contributed by atoms with Crippen LogP contribution in [0.15, 0.2) is 30.3 Å². The van der Waals surface area contributed by atoms with Crippen LogP contribution in [-0.4, -0.2) is 23.8 Å². The third-order valence-corrected chi connectivity index (χ3v) is 6.71. The fraction of sp³-hybridized carbons (Fsp3) is 0.429. The van der Waals surface area contributed by atoms with Gasteiger partial charge in [-0.2, -0.15) is 0 Å². The Kier molecular flexibility index (Phi) is 3.12. The summed E-state index contributed by atoms with van der Waals surface area (Å²) in [6.07, 6.45) is 4.57. The first-order valence-corrected chi connectivity index (χ1v) is 8.27. The molecule has 2 heterocycles. The van der Waals surface area contributed by atoms with E-state index in [0.29, 0.717) is 19.3 Å². The fourth-order valence-corrected chi connectivity index (χ4v) is 5.34. The number of sulfone groups is 1. The van der Waals surface area contributed by atoms with E-state index in [9.17, 15) is 18.5 Å². The molecule has 1 fully saturated rings. The number of nitro benzene ring substituents is 1. The van der Waals surface area contributed by atoms with Crippen LogP contribution >= 0.6 is 0 Å². The minimum atomic E-state index is -3.04. The summed E-state index contributed by atoms with van der Waals surface area (Å²) in [5, 5.41) is 10.1. The van der Waals surface area contributed by atoms with Gasteiger partial charge in [0.2, 0.25) is 0 Å². The number of allylic oxidation sites excluding steroid dienone is 1. The number of nitrogens with zero attached hydrogens (tertiary/aromatic N) is 1. The van der Waals surface area contributed by atoms with Crippen molar-refractivity contribution in [3.8, 4) is 0 Å². The number of benzene rings is 1. The summed E-state index contributed by atoms with van der Waals surface area (Å²) in [6, 6.07) is 6.43. The third kappa shape index (κ3) is 2.14. The summed E-state index contributed by atoms with van der Waals surface area (Å²) >= 11 is 0. The predicted octanol–water partition coefficient (Wildman–Crippen LogP) is 2.72. The number of hydrogen-bond acceptors (Lipinski definition) is 4. The maximum absolute atomic E-state index is 12.2. The number of hydrogen-bond donors (Lipinski definition) is 0. The van der Waals surface area contributed by atoms with Gasteiger partial charge < -0.3 is 0 Å². The van der Waals surface area contributed by atoms with Gasteiger partial charge in [-0.1, -0.05) is 24.6 Å². The molecule has 2 aliphatic rings. The molecule has 2 atom stereocenters. The molecule has 1 aromatic carbocycles. The highest BCUT2D eigenvalue weighted by atomic mass is 32.2. The number of fused-ring (bicyclic) bond motifs is 2. The van der Waals surface area contributed by atoms with Gasteiger partial charge in [-0.15, -0.1) is 0 Å². The van der Waals surface area contributed by atoms with Crippen molar-refractivity contribution in [2.75, 3.05) is 0 Å². The molecule has 2 bridgehead atoms. The molecule has 0 amide bonds. The van der Waals surface area contributed by atoms with Crippen molar-refractivity contribution in [1.82, 2.24) is 0 Å². The molecule has 5 nitrogen and oxygen atoms in total. The smallest absolute Gasteiger partial charge is 0.258 e. The van der Waals surface area contributed by atoms with Crippen molar-refractivity contribution in [2.45, 2.75) is 36.2 Å².